The molecule has 11 heteroatoms. The molecule has 2 unspecified atom stereocenters. The van der Waals surface area contributed by atoms with Crippen LogP contribution in [-0.2, 0) is 32.1 Å². The quantitative estimate of drug-likeness (QED) is 0.321. The smallest absolute Gasteiger partial charge is 0.244 e. The maximum atomic E-state index is 14.0. The minimum Gasteiger partial charge on any atom is -0.494 e. The summed E-state index contributed by atoms with van der Waals surface area (Å²) in [7, 11) is 0. The van der Waals surface area contributed by atoms with Crippen LogP contribution >= 0.6 is 12.6 Å². The molecule has 45 heavy (non-hydrogen) atoms. The Morgan fingerprint density at radius 3 is 2.60 bits per heavy atom. The number of aryl methyl sites for hydroxylation is 2. The molecule has 5 rings (SSSR count). The van der Waals surface area contributed by atoms with Crippen LogP contribution in [0.4, 0.5) is 0 Å². The van der Waals surface area contributed by atoms with Crippen LogP contribution in [0.3, 0.4) is 0 Å². The molecule has 242 valence electrons. The summed E-state index contributed by atoms with van der Waals surface area (Å²) < 4.78 is 6.10. The lowest BCUT2D eigenvalue weighted by Gasteiger charge is -2.40. The first kappa shape index (κ1) is 32.8. The lowest BCUT2D eigenvalue weighted by molar-refractivity contribution is -0.140. The van der Waals surface area contributed by atoms with Gasteiger partial charge < -0.3 is 30.9 Å². The van der Waals surface area contributed by atoms with E-state index in [2.05, 4.69) is 33.9 Å². The van der Waals surface area contributed by atoms with Crippen molar-refractivity contribution in [2.45, 2.75) is 69.8 Å². The summed E-state index contributed by atoms with van der Waals surface area (Å²) in [5.41, 5.74) is 2.27. The molecule has 0 aliphatic carbocycles. The zero-order valence-corrected chi connectivity index (χ0v) is 27.0. The Morgan fingerprint density at radius 2 is 1.87 bits per heavy atom. The van der Waals surface area contributed by atoms with Crippen LogP contribution in [0, 0.1) is 18.3 Å². The van der Waals surface area contributed by atoms with E-state index >= 15 is 0 Å². The number of carbonyl (C=O) groups is 4. The fourth-order valence-electron chi connectivity index (χ4n) is 6.16. The highest BCUT2D eigenvalue weighted by molar-refractivity contribution is 7.82. The minimum absolute atomic E-state index is 0.246. The number of hydrogen-bond acceptors (Lipinski definition) is 7. The number of fused-ring (bicyclic) bond motifs is 4. The molecule has 10 nitrogen and oxygen atoms in total. The van der Waals surface area contributed by atoms with Gasteiger partial charge in [-0.3, -0.25) is 19.2 Å². The number of nitrogens with zero attached hydrogens (tertiary/aromatic N) is 1. The molecule has 2 fully saturated rings. The van der Waals surface area contributed by atoms with Crippen LogP contribution in [0.1, 0.15) is 49.3 Å². The third-order valence-electron chi connectivity index (χ3n) is 9.31. The zero-order valence-electron chi connectivity index (χ0n) is 26.1. The molecule has 3 heterocycles. The Kier molecular flexibility index (Phi) is 10.7. The molecule has 0 aromatic heterocycles. The van der Waals surface area contributed by atoms with Gasteiger partial charge in [0.2, 0.25) is 23.6 Å². The molecule has 0 saturated carbocycles. The van der Waals surface area contributed by atoms with Crippen molar-refractivity contribution in [1.82, 2.24) is 26.2 Å². The third kappa shape index (κ3) is 8.18. The van der Waals surface area contributed by atoms with E-state index in [4.69, 9.17) is 4.74 Å². The van der Waals surface area contributed by atoms with Gasteiger partial charge in [-0.15, -0.1) is 0 Å². The molecule has 2 saturated heterocycles. The number of ether oxygens (including phenoxy) is 1. The first-order valence-electron chi connectivity index (χ1n) is 16.0. The van der Waals surface area contributed by atoms with Crippen LogP contribution in [0.15, 0.2) is 48.5 Å². The van der Waals surface area contributed by atoms with E-state index in [1.807, 2.05) is 62.4 Å². The van der Waals surface area contributed by atoms with E-state index < -0.39 is 28.7 Å². The van der Waals surface area contributed by atoms with Crippen molar-refractivity contribution < 1.29 is 23.9 Å². The van der Waals surface area contributed by atoms with Crippen LogP contribution in [0.2, 0.25) is 0 Å². The molecule has 3 aliphatic heterocycles. The summed E-state index contributed by atoms with van der Waals surface area (Å²) in [4.78, 5) is 56.6. The number of rotatable bonds is 5. The SMILES string of the molecule is Cc1ccc2cc1CNC(=O)[C@H](CCc1ccccc1)NC(=O)[C@@H](NC(=O)C1(C)CNC1)C(S)C(=O)N1CCCC(CCO2)C1. The van der Waals surface area contributed by atoms with Gasteiger partial charge in [0.15, 0.2) is 0 Å². The Labute approximate surface area is 270 Å². The Morgan fingerprint density at radius 1 is 1.09 bits per heavy atom. The second kappa shape index (κ2) is 14.7. The van der Waals surface area contributed by atoms with Gasteiger partial charge in [0.05, 0.1) is 12.0 Å². The van der Waals surface area contributed by atoms with Gasteiger partial charge in [-0.25, -0.2) is 0 Å². The second-order valence-electron chi connectivity index (χ2n) is 12.9. The van der Waals surface area contributed by atoms with Crippen molar-refractivity contribution in [1.29, 1.82) is 0 Å². The number of nitrogens with one attached hydrogen (secondary N) is 4. The van der Waals surface area contributed by atoms with E-state index in [0.717, 1.165) is 41.7 Å². The zero-order chi connectivity index (χ0) is 32.0. The van der Waals surface area contributed by atoms with Gasteiger partial charge in [-0.05, 0) is 80.7 Å². The van der Waals surface area contributed by atoms with Gasteiger partial charge >= 0.3 is 0 Å². The standard InChI is InChI=1S/C34H45N5O5S/c1-22-10-12-26-17-25(22)18-36-30(40)27(13-11-23-7-4-3-5-8-23)37-31(41)28(38-33(43)34(2)20-35-21-34)29(45)32(42)39-15-6-9-24(19-39)14-16-44-26/h3-5,7-8,10,12,17,24,27-29,35,45H,6,9,11,13-16,18-21H2,1-2H3,(H,36,40)(H,37,41)(H,38,43)/t24?,27-,28-,29?/m0/s1. The topological polar surface area (TPSA) is 129 Å². The van der Waals surface area contributed by atoms with E-state index in [-0.39, 0.29) is 30.2 Å². The summed E-state index contributed by atoms with van der Waals surface area (Å²) in [5.74, 6) is -0.626. The normalized spacial score (nSPS) is 25.8. The van der Waals surface area contributed by atoms with Crippen molar-refractivity contribution in [2.24, 2.45) is 11.3 Å². The predicted octanol–water partition coefficient (Wildman–Crippen LogP) is 2.14. The van der Waals surface area contributed by atoms with Crippen LogP contribution in [-0.4, -0.2) is 78.6 Å². The maximum Gasteiger partial charge on any atom is 0.244 e. The summed E-state index contributed by atoms with van der Waals surface area (Å²) in [6, 6.07) is 13.4. The molecule has 0 spiro atoms. The number of piperidine rings is 1. The summed E-state index contributed by atoms with van der Waals surface area (Å²) in [6.45, 7) is 6.59. The summed E-state index contributed by atoms with van der Waals surface area (Å²) in [6.07, 6.45) is 3.45. The Bertz CT molecular complexity index is 1380. The molecular weight excluding hydrogens is 590 g/mol. The Balaban J connectivity index is 1.44. The largest absolute Gasteiger partial charge is 0.494 e. The monoisotopic (exact) mass is 635 g/mol. The van der Waals surface area contributed by atoms with Crippen molar-refractivity contribution in [3.05, 3.63) is 65.2 Å². The van der Waals surface area contributed by atoms with E-state index in [1.165, 1.54) is 0 Å². The van der Waals surface area contributed by atoms with E-state index in [0.29, 0.717) is 45.6 Å². The van der Waals surface area contributed by atoms with E-state index in [9.17, 15) is 19.2 Å². The highest BCUT2D eigenvalue weighted by atomic mass is 32.1. The van der Waals surface area contributed by atoms with E-state index in [1.54, 1.807) is 4.90 Å². The number of carbonyl (C=O) groups excluding carboxylic acids is 4. The van der Waals surface area contributed by atoms with Gasteiger partial charge in [-0.2, -0.15) is 12.6 Å². The molecule has 0 radical (unpaired) electrons. The van der Waals surface area contributed by atoms with Crippen LogP contribution in [0.5, 0.6) is 5.75 Å². The van der Waals surface area contributed by atoms with Crippen molar-refractivity contribution in [3.8, 4) is 5.75 Å². The molecule has 4 bridgehead atoms. The first-order chi connectivity index (χ1) is 21.6. The van der Waals surface area contributed by atoms with Gasteiger partial charge in [-0.1, -0.05) is 36.4 Å². The van der Waals surface area contributed by atoms with Crippen LogP contribution in [0.25, 0.3) is 0 Å². The van der Waals surface area contributed by atoms with Crippen molar-refractivity contribution in [3.63, 3.8) is 0 Å². The molecule has 3 aliphatic rings. The lowest BCUT2D eigenvalue weighted by atomic mass is 9.83. The number of benzene rings is 2. The number of amides is 4. The molecule has 4 N–H and O–H groups in total. The van der Waals surface area contributed by atoms with Gasteiger partial charge in [0, 0.05) is 32.7 Å². The van der Waals surface area contributed by atoms with Crippen molar-refractivity contribution >= 4 is 36.3 Å². The molecule has 4 amide bonds. The van der Waals surface area contributed by atoms with Gasteiger partial charge in [0.1, 0.15) is 23.1 Å². The third-order valence-corrected chi connectivity index (χ3v) is 9.83. The molecule has 4 atom stereocenters. The summed E-state index contributed by atoms with van der Waals surface area (Å²) in [5, 5.41) is 10.7. The molecule has 2 aromatic rings. The first-order valence-corrected chi connectivity index (χ1v) is 16.5. The van der Waals surface area contributed by atoms with Crippen molar-refractivity contribution in [2.75, 3.05) is 32.8 Å². The minimum atomic E-state index is -1.26. The molecular formula is C34H45N5O5S. The number of hydrogen-bond donors (Lipinski definition) is 5. The Hall–Kier alpha value is -3.57. The fraction of sp³-hybridized carbons (Fsp3) is 0.529. The highest BCUT2D eigenvalue weighted by Gasteiger charge is 2.44. The second-order valence-corrected chi connectivity index (χ2v) is 13.4. The lowest BCUT2D eigenvalue weighted by Crippen LogP contribution is -2.65. The predicted molar refractivity (Wildman–Crippen MR) is 175 cm³/mol. The molecule has 2 aromatic carbocycles. The van der Waals surface area contributed by atoms with Crippen LogP contribution < -0.4 is 26.0 Å². The highest BCUT2D eigenvalue weighted by Crippen LogP contribution is 2.25. The average molecular weight is 636 g/mol. The average Bonchev–Trinajstić information content (AvgIpc) is 3.03. The number of thiol groups is 1. The maximum absolute atomic E-state index is 14.0. The fourth-order valence-corrected chi connectivity index (χ4v) is 6.53. The van der Waals surface area contributed by atoms with Gasteiger partial charge in [0.25, 0.3) is 0 Å². The summed E-state index contributed by atoms with van der Waals surface area (Å²) >= 11 is 4.66.